The molecule has 1 unspecified atom stereocenters. The van der Waals surface area contributed by atoms with Gasteiger partial charge in [-0.15, -0.1) is 5.10 Å². The number of aromatic amines is 1. The standard InChI is InChI=1S/C16H14ClN5O3/c1-21-13(11(17)7-18-21)6-12-9-4-2-3-5-10(9)15(23)22(12)8-14-19-20-16(24)25-14/h2-5,7,12H,6,8H2,1H3,(H,20,24). The van der Waals surface area contributed by atoms with E-state index in [-0.39, 0.29) is 24.4 Å². The number of benzene rings is 1. The largest absolute Gasteiger partial charge is 0.434 e. The van der Waals surface area contributed by atoms with Gasteiger partial charge in [0, 0.05) is 19.0 Å². The summed E-state index contributed by atoms with van der Waals surface area (Å²) in [7, 11) is 1.81. The fourth-order valence-corrected chi connectivity index (χ4v) is 3.41. The second-order valence-corrected chi connectivity index (χ2v) is 6.22. The fraction of sp³-hybridized carbons (Fsp3) is 0.250. The average molecular weight is 360 g/mol. The first kappa shape index (κ1) is 15.6. The van der Waals surface area contributed by atoms with Crippen LogP contribution in [0.1, 0.15) is 33.5 Å². The molecule has 1 aromatic carbocycles. The summed E-state index contributed by atoms with van der Waals surface area (Å²) in [5.41, 5.74) is 2.36. The Labute approximate surface area is 147 Å². The highest BCUT2D eigenvalue weighted by atomic mass is 35.5. The third-order valence-electron chi connectivity index (χ3n) is 4.37. The SMILES string of the molecule is Cn1ncc(Cl)c1CC1c2ccccc2C(=O)N1Cc1n[nH]c(=O)o1. The molecule has 8 nitrogen and oxygen atoms in total. The zero-order valence-electron chi connectivity index (χ0n) is 13.3. The minimum atomic E-state index is -0.648. The van der Waals surface area contributed by atoms with E-state index < -0.39 is 5.76 Å². The Morgan fingerprint density at radius 2 is 2.12 bits per heavy atom. The Hall–Kier alpha value is -2.87. The van der Waals surface area contributed by atoms with Crippen molar-refractivity contribution in [2.45, 2.75) is 19.0 Å². The molecule has 0 saturated heterocycles. The van der Waals surface area contributed by atoms with Gasteiger partial charge < -0.3 is 9.32 Å². The van der Waals surface area contributed by atoms with Gasteiger partial charge in [0.1, 0.15) is 0 Å². The van der Waals surface area contributed by atoms with Gasteiger partial charge in [0.15, 0.2) is 0 Å². The number of hydrogen-bond donors (Lipinski definition) is 1. The lowest BCUT2D eigenvalue weighted by Crippen LogP contribution is -2.29. The van der Waals surface area contributed by atoms with E-state index in [2.05, 4.69) is 15.3 Å². The predicted octanol–water partition coefficient (Wildman–Crippen LogP) is 1.69. The molecule has 1 amide bonds. The van der Waals surface area contributed by atoms with Crippen LogP contribution in [0.4, 0.5) is 0 Å². The summed E-state index contributed by atoms with van der Waals surface area (Å²) >= 11 is 6.23. The molecule has 3 aromatic rings. The maximum Gasteiger partial charge on any atom is 0.434 e. The monoisotopic (exact) mass is 359 g/mol. The van der Waals surface area contributed by atoms with Crippen LogP contribution in [0.25, 0.3) is 0 Å². The molecule has 1 aliphatic heterocycles. The van der Waals surface area contributed by atoms with E-state index in [1.165, 1.54) is 0 Å². The highest BCUT2D eigenvalue weighted by Crippen LogP contribution is 2.37. The van der Waals surface area contributed by atoms with Crippen LogP contribution in [0.3, 0.4) is 0 Å². The van der Waals surface area contributed by atoms with Gasteiger partial charge in [-0.05, 0) is 11.6 Å². The minimum Gasteiger partial charge on any atom is -0.391 e. The fourth-order valence-electron chi connectivity index (χ4n) is 3.17. The molecule has 1 N–H and O–H groups in total. The lowest BCUT2D eigenvalue weighted by molar-refractivity contribution is 0.0688. The first-order chi connectivity index (χ1) is 12.0. The van der Waals surface area contributed by atoms with Crippen LogP contribution in [0.2, 0.25) is 5.02 Å². The second kappa shape index (κ2) is 5.89. The lowest BCUT2D eigenvalue weighted by Gasteiger charge is -2.24. The van der Waals surface area contributed by atoms with Gasteiger partial charge in [-0.1, -0.05) is 29.8 Å². The molecule has 0 bridgehead atoms. The molecular weight excluding hydrogens is 346 g/mol. The molecule has 3 heterocycles. The molecule has 1 atom stereocenters. The molecule has 128 valence electrons. The Morgan fingerprint density at radius 3 is 2.80 bits per heavy atom. The number of aryl methyl sites for hydroxylation is 1. The van der Waals surface area contributed by atoms with E-state index in [1.807, 2.05) is 18.2 Å². The predicted molar refractivity (Wildman–Crippen MR) is 88.1 cm³/mol. The number of amides is 1. The van der Waals surface area contributed by atoms with Crippen molar-refractivity contribution < 1.29 is 9.21 Å². The summed E-state index contributed by atoms with van der Waals surface area (Å²) in [4.78, 5) is 25.6. The van der Waals surface area contributed by atoms with E-state index in [9.17, 15) is 9.59 Å². The highest BCUT2D eigenvalue weighted by Gasteiger charge is 2.38. The van der Waals surface area contributed by atoms with E-state index in [1.54, 1.807) is 28.9 Å². The van der Waals surface area contributed by atoms with E-state index >= 15 is 0 Å². The summed E-state index contributed by atoms with van der Waals surface area (Å²) in [6.07, 6.45) is 2.07. The topological polar surface area (TPSA) is 97.0 Å². The van der Waals surface area contributed by atoms with Crippen LogP contribution in [0, 0.1) is 0 Å². The minimum absolute atomic E-state index is 0.0897. The van der Waals surface area contributed by atoms with Crippen molar-refractivity contribution in [2.75, 3.05) is 0 Å². The van der Waals surface area contributed by atoms with Crippen LogP contribution in [0.5, 0.6) is 0 Å². The molecule has 2 aromatic heterocycles. The number of aromatic nitrogens is 4. The molecule has 0 aliphatic carbocycles. The maximum atomic E-state index is 12.8. The number of hydrogen-bond acceptors (Lipinski definition) is 5. The number of halogens is 1. The number of carbonyl (C=O) groups excluding carboxylic acids is 1. The molecule has 0 spiro atoms. The van der Waals surface area contributed by atoms with E-state index in [4.69, 9.17) is 16.0 Å². The van der Waals surface area contributed by atoms with Crippen molar-refractivity contribution >= 4 is 17.5 Å². The van der Waals surface area contributed by atoms with Crippen molar-refractivity contribution in [3.05, 3.63) is 68.7 Å². The Morgan fingerprint density at radius 1 is 1.32 bits per heavy atom. The zero-order valence-corrected chi connectivity index (χ0v) is 14.0. The van der Waals surface area contributed by atoms with Crippen molar-refractivity contribution in [3.8, 4) is 0 Å². The van der Waals surface area contributed by atoms with Gasteiger partial charge >= 0.3 is 5.76 Å². The Kier molecular flexibility index (Phi) is 3.69. The summed E-state index contributed by atoms with van der Waals surface area (Å²) in [5.74, 6) is -0.623. The third-order valence-corrected chi connectivity index (χ3v) is 4.69. The Balaban J connectivity index is 1.73. The molecule has 0 saturated carbocycles. The van der Waals surface area contributed by atoms with Crippen molar-refractivity contribution in [1.82, 2.24) is 24.9 Å². The molecule has 9 heteroatoms. The van der Waals surface area contributed by atoms with Crippen molar-refractivity contribution in [3.63, 3.8) is 0 Å². The molecular formula is C16H14ClN5O3. The normalized spacial score (nSPS) is 16.5. The Bertz CT molecular complexity index is 986. The van der Waals surface area contributed by atoms with Gasteiger partial charge in [-0.3, -0.25) is 9.48 Å². The number of nitrogens with zero attached hydrogens (tertiary/aromatic N) is 4. The number of carbonyl (C=O) groups is 1. The van der Waals surface area contributed by atoms with Gasteiger partial charge in [-0.25, -0.2) is 9.89 Å². The molecule has 1 aliphatic rings. The van der Waals surface area contributed by atoms with Crippen LogP contribution < -0.4 is 5.76 Å². The summed E-state index contributed by atoms with van der Waals surface area (Å²) in [5, 5.41) is 10.7. The third kappa shape index (κ3) is 2.64. The first-order valence-corrected chi connectivity index (χ1v) is 8.03. The lowest BCUT2D eigenvalue weighted by atomic mass is 10.0. The smallest absolute Gasteiger partial charge is 0.391 e. The quantitative estimate of drug-likeness (QED) is 0.764. The number of fused-ring (bicyclic) bond motifs is 1. The number of nitrogens with one attached hydrogen (secondary N) is 1. The first-order valence-electron chi connectivity index (χ1n) is 7.65. The molecule has 25 heavy (non-hydrogen) atoms. The van der Waals surface area contributed by atoms with Crippen LogP contribution >= 0.6 is 11.6 Å². The summed E-state index contributed by atoms with van der Waals surface area (Å²) < 4.78 is 6.66. The second-order valence-electron chi connectivity index (χ2n) is 5.81. The zero-order chi connectivity index (χ0) is 17.6. The number of H-pyrrole nitrogens is 1. The van der Waals surface area contributed by atoms with Gasteiger partial charge in [-0.2, -0.15) is 5.10 Å². The summed E-state index contributed by atoms with van der Waals surface area (Å²) in [6.45, 7) is 0.0897. The molecule has 0 radical (unpaired) electrons. The molecule has 4 rings (SSSR count). The van der Waals surface area contributed by atoms with Gasteiger partial charge in [0.05, 0.1) is 29.5 Å². The van der Waals surface area contributed by atoms with Gasteiger partial charge in [0.2, 0.25) is 5.89 Å². The van der Waals surface area contributed by atoms with E-state index in [0.29, 0.717) is 17.0 Å². The molecule has 0 fully saturated rings. The highest BCUT2D eigenvalue weighted by molar-refractivity contribution is 6.31. The summed E-state index contributed by atoms with van der Waals surface area (Å²) in [6, 6.07) is 7.17. The van der Waals surface area contributed by atoms with Crippen LogP contribution in [-0.2, 0) is 20.0 Å². The van der Waals surface area contributed by atoms with Crippen LogP contribution in [-0.4, -0.2) is 30.8 Å². The van der Waals surface area contributed by atoms with Crippen molar-refractivity contribution in [2.24, 2.45) is 7.05 Å². The maximum absolute atomic E-state index is 12.8. The van der Waals surface area contributed by atoms with E-state index in [0.717, 1.165) is 11.3 Å². The van der Waals surface area contributed by atoms with Crippen LogP contribution in [0.15, 0.2) is 39.7 Å². The van der Waals surface area contributed by atoms with Crippen molar-refractivity contribution in [1.29, 1.82) is 0 Å². The van der Waals surface area contributed by atoms with Gasteiger partial charge in [0.25, 0.3) is 5.91 Å². The average Bonchev–Trinajstić information content (AvgIpc) is 3.23. The number of rotatable bonds is 4.